The number of amides is 3. The normalized spacial score (nSPS) is 18.2. The first-order valence-electron chi connectivity index (χ1n) is 14.8. The Morgan fingerprint density at radius 2 is 1.89 bits per heavy atom. The van der Waals surface area contributed by atoms with Gasteiger partial charge in [-0.2, -0.15) is 0 Å². The lowest BCUT2D eigenvalue weighted by molar-refractivity contribution is -0.118. The highest BCUT2D eigenvalue weighted by Crippen LogP contribution is 2.34. The maximum Gasteiger partial charge on any atom is 0.318 e. The average molecular weight is 618 g/mol. The van der Waals surface area contributed by atoms with Gasteiger partial charge in [-0.05, 0) is 74.0 Å². The molecule has 1 aliphatic heterocycles. The number of halogens is 1. The summed E-state index contributed by atoms with van der Waals surface area (Å²) in [6.45, 7) is 2.97. The minimum Gasteiger partial charge on any atom is -0.495 e. The predicted molar refractivity (Wildman–Crippen MR) is 174 cm³/mol. The van der Waals surface area contributed by atoms with Crippen LogP contribution in [0.1, 0.15) is 48.4 Å². The quantitative estimate of drug-likeness (QED) is 0.187. The second-order valence-corrected chi connectivity index (χ2v) is 12.1. The average Bonchev–Trinajstić information content (AvgIpc) is 3.44. The van der Waals surface area contributed by atoms with Crippen molar-refractivity contribution in [1.82, 2.24) is 20.1 Å². The second-order valence-electron chi connectivity index (χ2n) is 11.7. The number of aromatic amines is 1. The third-order valence-electron chi connectivity index (χ3n) is 8.28. The summed E-state index contributed by atoms with van der Waals surface area (Å²) in [5.41, 5.74) is 4.27. The monoisotopic (exact) mass is 617 g/mol. The zero-order chi connectivity index (χ0) is 31.4. The topological polar surface area (TPSA) is 110 Å². The van der Waals surface area contributed by atoms with Crippen LogP contribution in [0.5, 0.6) is 5.75 Å². The molecule has 1 aromatic heterocycles. The number of carbonyl (C=O) groups is 2. The summed E-state index contributed by atoms with van der Waals surface area (Å²) in [5, 5.41) is 18.2. The molecule has 2 heterocycles. The van der Waals surface area contributed by atoms with Crippen LogP contribution >= 0.6 is 11.6 Å². The third-order valence-corrected chi connectivity index (χ3v) is 8.54. The lowest BCUT2D eigenvalue weighted by Crippen LogP contribution is -2.54. The molecule has 0 saturated carbocycles. The number of methoxy groups -OCH3 is 1. The Labute approximate surface area is 263 Å². The smallest absolute Gasteiger partial charge is 0.318 e. The Bertz CT molecular complexity index is 1610. The molecule has 4 atom stereocenters. The summed E-state index contributed by atoms with van der Waals surface area (Å²) in [4.78, 5) is 35.3. The Morgan fingerprint density at radius 3 is 2.61 bits per heavy atom. The first-order valence-corrected chi connectivity index (χ1v) is 15.2. The summed E-state index contributed by atoms with van der Waals surface area (Å²) in [7, 11) is 5.52. The van der Waals surface area contributed by atoms with Crippen LogP contribution in [-0.2, 0) is 11.3 Å². The van der Waals surface area contributed by atoms with Gasteiger partial charge in [0.25, 0.3) is 0 Å². The van der Waals surface area contributed by atoms with E-state index in [1.807, 2.05) is 86.7 Å². The van der Waals surface area contributed by atoms with Gasteiger partial charge < -0.3 is 35.3 Å². The molecule has 3 aromatic carbocycles. The van der Waals surface area contributed by atoms with Gasteiger partial charge >= 0.3 is 6.03 Å². The van der Waals surface area contributed by atoms with Crippen molar-refractivity contribution in [2.45, 2.75) is 50.4 Å². The molecule has 1 fully saturated rings. The fraction of sp³-hybridized carbons (Fsp3) is 0.353. The molecule has 1 aliphatic rings. The van der Waals surface area contributed by atoms with Gasteiger partial charge in [0.1, 0.15) is 11.8 Å². The fourth-order valence-corrected chi connectivity index (χ4v) is 6.13. The number of aliphatic hydroxyl groups excluding tert-OH is 1. The first kappa shape index (κ1) is 31.4. The van der Waals surface area contributed by atoms with Gasteiger partial charge in [-0.3, -0.25) is 4.79 Å². The molecular weight excluding hydrogens is 578 g/mol. The van der Waals surface area contributed by atoms with Gasteiger partial charge in [0, 0.05) is 41.1 Å². The van der Waals surface area contributed by atoms with Crippen molar-refractivity contribution < 1.29 is 19.4 Å². The molecule has 10 heteroatoms. The Hall–Kier alpha value is -4.05. The number of nitrogens with one attached hydrogen (secondary N) is 3. The number of hydrogen-bond donors (Lipinski definition) is 4. The number of aromatic nitrogens is 1. The highest BCUT2D eigenvalue weighted by molar-refractivity contribution is 6.30. The Morgan fingerprint density at radius 1 is 1.14 bits per heavy atom. The van der Waals surface area contributed by atoms with Gasteiger partial charge in [0.05, 0.1) is 24.9 Å². The highest BCUT2D eigenvalue weighted by Gasteiger charge is 2.36. The molecule has 0 spiro atoms. The van der Waals surface area contributed by atoms with E-state index in [2.05, 4.69) is 15.6 Å². The predicted octanol–water partition coefficient (Wildman–Crippen LogP) is 5.91. The number of H-pyrrole nitrogens is 1. The number of rotatable bonds is 9. The molecular formula is C34H40ClN5O4. The minimum absolute atomic E-state index is 0.344. The molecule has 0 aliphatic carbocycles. The van der Waals surface area contributed by atoms with Gasteiger partial charge in [-0.25, -0.2) is 4.79 Å². The van der Waals surface area contributed by atoms with Gasteiger partial charge in [0.2, 0.25) is 5.91 Å². The Balaban J connectivity index is 1.47. The molecule has 44 heavy (non-hydrogen) atoms. The van der Waals surface area contributed by atoms with Crippen molar-refractivity contribution in [2.75, 3.05) is 33.1 Å². The van der Waals surface area contributed by atoms with Crippen molar-refractivity contribution in [3.63, 3.8) is 0 Å². The molecule has 0 bridgehead atoms. The van der Waals surface area contributed by atoms with Gasteiger partial charge in [0.15, 0.2) is 0 Å². The molecule has 4 aromatic rings. The van der Waals surface area contributed by atoms with E-state index in [0.717, 1.165) is 27.6 Å². The molecule has 232 valence electrons. The lowest BCUT2D eigenvalue weighted by atomic mass is 9.91. The van der Waals surface area contributed by atoms with E-state index < -0.39 is 18.1 Å². The molecule has 2 unspecified atom stereocenters. The number of hydrogen-bond acceptors (Lipinski definition) is 5. The lowest BCUT2D eigenvalue weighted by Gasteiger charge is -2.39. The summed E-state index contributed by atoms with van der Waals surface area (Å²) in [6.07, 6.45) is 2.20. The van der Waals surface area contributed by atoms with E-state index in [0.29, 0.717) is 42.4 Å². The van der Waals surface area contributed by atoms with Gasteiger partial charge in [-0.1, -0.05) is 54.9 Å². The zero-order valence-electron chi connectivity index (χ0n) is 25.5. The maximum absolute atomic E-state index is 14.2. The van der Waals surface area contributed by atoms with Crippen molar-refractivity contribution >= 4 is 40.1 Å². The zero-order valence-corrected chi connectivity index (χ0v) is 26.3. The summed E-state index contributed by atoms with van der Waals surface area (Å²) in [5.74, 6) is -0.231. The molecule has 0 radical (unpaired) electrons. The van der Waals surface area contributed by atoms with Crippen LogP contribution in [0.25, 0.3) is 10.9 Å². The number of para-hydroxylation sites is 1. The van der Waals surface area contributed by atoms with Gasteiger partial charge in [-0.15, -0.1) is 0 Å². The number of anilines is 1. The van der Waals surface area contributed by atoms with Crippen LogP contribution in [0.4, 0.5) is 10.5 Å². The van der Waals surface area contributed by atoms with E-state index >= 15 is 0 Å². The fourth-order valence-electron chi connectivity index (χ4n) is 6.00. The van der Waals surface area contributed by atoms with Crippen molar-refractivity contribution in [1.29, 1.82) is 0 Å². The molecule has 3 amide bonds. The number of likely N-dealkylation sites (tertiary alicyclic amines) is 1. The summed E-state index contributed by atoms with van der Waals surface area (Å²) < 4.78 is 5.57. The number of piperidine rings is 1. The molecule has 5 rings (SSSR count). The molecule has 9 nitrogen and oxygen atoms in total. The van der Waals surface area contributed by atoms with Crippen LogP contribution < -0.4 is 15.4 Å². The number of ether oxygens (including phenoxy) is 1. The minimum atomic E-state index is -0.929. The largest absolute Gasteiger partial charge is 0.495 e. The SMILES string of the molecule is COc1ccc(CN(C)C)cc1NC(=O)[C@H](NC(=O)N1CCC(O)CC1c1ccc(Cl)cc1)[C@@H](C)c1c[nH]c2ccccc12. The number of urea groups is 1. The van der Waals surface area contributed by atoms with E-state index in [9.17, 15) is 14.7 Å². The third kappa shape index (κ3) is 7.01. The second kappa shape index (κ2) is 13.7. The number of benzene rings is 3. The van der Waals surface area contributed by atoms with Crippen LogP contribution in [0.15, 0.2) is 72.9 Å². The van der Waals surface area contributed by atoms with E-state index in [1.165, 1.54) is 0 Å². The maximum atomic E-state index is 14.2. The standard InChI is InChI=1S/C34H40ClN5O4/c1-21(27-19-36-28-8-6-5-7-26(27)28)32(33(42)37-29-17-22(20-39(2)3)9-14-31(29)44-4)38-34(43)40-16-15-25(41)18-30(40)23-10-12-24(35)13-11-23/h5-14,17,19,21,25,30,32,36,41H,15-16,18,20H2,1-4H3,(H,37,42)(H,38,43)/t21-,25?,30?,32+/m0/s1. The van der Waals surface area contributed by atoms with E-state index in [1.54, 1.807) is 24.1 Å². The Kier molecular flexibility index (Phi) is 9.78. The number of carbonyl (C=O) groups excluding carboxylic acids is 2. The highest BCUT2D eigenvalue weighted by atomic mass is 35.5. The number of fused-ring (bicyclic) bond motifs is 1. The van der Waals surface area contributed by atoms with Crippen LogP contribution in [0.3, 0.4) is 0 Å². The molecule has 1 saturated heterocycles. The van der Waals surface area contributed by atoms with Crippen LogP contribution in [0.2, 0.25) is 5.02 Å². The first-order chi connectivity index (χ1) is 21.1. The van der Waals surface area contributed by atoms with Crippen molar-refractivity contribution in [3.05, 3.63) is 94.6 Å². The summed E-state index contributed by atoms with van der Waals surface area (Å²) >= 11 is 6.13. The number of aliphatic hydroxyl groups is 1. The van der Waals surface area contributed by atoms with E-state index in [-0.39, 0.29) is 18.0 Å². The number of nitrogens with zero attached hydrogens (tertiary/aromatic N) is 2. The van der Waals surface area contributed by atoms with Crippen molar-refractivity contribution in [3.8, 4) is 5.75 Å². The van der Waals surface area contributed by atoms with Crippen LogP contribution in [0, 0.1) is 0 Å². The van der Waals surface area contributed by atoms with Crippen LogP contribution in [-0.4, -0.2) is 71.7 Å². The summed E-state index contributed by atoms with van der Waals surface area (Å²) in [6, 6.07) is 19.2. The van der Waals surface area contributed by atoms with Crippen molar-refractivity contribution in [2.24, 2.45) is 0 Å². The molecule has 4 N–H and O–H groups in total. The van der Waals surface area contributed by atoms with E-state index in [4.69, 9.17) is 16.3 Å².